The molecule has 3 aromatic heterocycles. The third kappa shape index (κ3) is 5.70. The number of aryl methyl sites for hydroxylation is 2. The van der Waals surface area contributed by atoms with Gasteiger partial charge in [-0.25, -0.2) is 9.97 Å². The monoisotopic (exact) mass is 591 g/mol. The molecule has 0 unspecified atom stereocenters. The molecule has 0 fully saturated rings. The number of hydrogen-bond donors (Lipinski definition) is 3. The average Bonchev–Trinajstić information content (AvgIpc) is 3.39. The lowest BCUT2D eigenvalue weighted by Gasteiger charge is -2.17. The number of nitrogens with zero attached hydrogens (tertiary/aromatic N) is 4. The van der Waals surface area contributed by atoms with Crippen molar-refractivity contribution in [3.8, 4) is 22.8 Å². The Hall–Kier alpha value is -4.54. The standard InChI is InChI=1S/C29H27Cl2N7O3/c1-16-6-5-7-20(34-15-39)28(16)37-24-9-19-18(13-32-24)8-21(36-29(19)33-11-17-12-35-38(2)14-17)25-26(30)22(40-3)10-23(41-4)27(25)31/h5-10,12-15H,11H2,1-4H3,(H,32,37)(H,33,36)(H,34,39). The van der Waals surface area contributed by atoms with Gasteiger partial charge in [-0.1, -0.05) is 35.3 Å². The summed E-state index contributed by atoms with van der Waals surface area (Å²) in [5, 5.41) is 16.0. The van der Waals surface area contributed by atoms with Gasteiger partial charge >= 0.3 is 0 Å². The van der Waals surface area contributed by atoms with E-state index in [0.717, 1.165) is 27.6 Å². The number of aromatic nitrogens is 4. The van der Waals surface area contributed by atoms with Crippen LogP contribution in [0.4, 0.5) is 23.0 Å². The van der Waals surface area contributed by atoms with Gasteiger partial charge in [-0.05, 0) is 30.7 Å². The molecule has 0 aliphatic carbocycles. The van der Waals surface area contributed by atoms with Crippen molar-refractivity contribution in [3.63, 3.8) is 0 Å². The van der Waals surface area contributed by atoms with E-state index in [1.807, 2.05) is 50.5 Å². The zero-order valence-electron chi connectivity index (χ0n) is 22.8. The first-order chi connectivity index (χ1) is 19.8. The number of pyridine rings is 2. The van der Waals surface area contributed by atoms with Crippen LogP contribution in [0.5, 0.6) is 11.5 Å². The van der Waals surface area contributed by atoms with Crippen LogP contribution in [0.15, 0.2) is 55.0 Å². The van der Waals surface area contributed by atoms with E-state index in [9.17, 15) is 4.79 Å². The molecule has 2 aromatic carbocycles. The lowest BCUT2D eigenvalue weighted by molar-refractivity contribution is -0.105. The summed E-state index contributed by atoms with van der Waals surface area (Å²) in [4.78, 5) is 20.8. The molecule has 0 spiro atoms. The number of halogens is 2. The van der Waals surface area contributed by atoms with Gasteiger partial charge in [-0.2, -0.15) is 5.10 Å². The minimum Gasteiger partial charge on any atom is -0.495 e. The second kappa shape index (κ2) is 11.9. The van der Waals surface area contributed by atoms with E-state index in [4.69, 9.17) is 37.7 Å². The lowest BCUT2D eigenvalue weighted by Crippen LogP contribution is -2.05. The number of ether oxygens (including phenoxy) is 2. The maximum atomic E-state index is 11.2. The van der Waals surface area contributed by atoms with Crippen molar-refractivity contribution in [2.24, 2.45) is 7.05 Å². The zero-order chi connectivity index (χ0) is 29.1. The number of fused-ring (bicyclic) bond motifs is 1. The molecule has 10 nitrogen and oxygen atoms in total. The van der Waals surface area contributed by atoms with Crippen LogP contribution in [0.3, 0.4) is 0 Å². The molecule has 0 saturated carbocycles. The van der Waals surface area contributed by atoms with Crippen LogP contribution >= 0.6 is 23.2 Å². The molecule has 0 saturated heterocycles. The molecule has 5 rings (SSSR count). The fourth-order valence-corrected chi connectivity index (χ4v) is 5.18. The highest BCUT2D eigenvalue weighted by molar-refractivity contribution is 6.41. The molecule has 41 heavy (non-hydrogen) atoms. The van der Waals surface area contributed by atoms with Gasteiger partial charge in [0.05, 0.1) is 47.5 Å². The number of amides is 1. The van der Waals surface area contributed by atoms with Crippen LogP contribution in [-0.2, 0) is 18.4 Å². The molecular weight excluding hydrogens is 565 g/mol. The number of methoxy groups -OCH3 is 2. The maximum Gasteiger partial charge on any atom is 0.211 e. The predicted octanol–water partition coefficient (Wildman–Crippen LogP) is 6.59. The van der Waals surface area contributed by atoms with Crippen molar-refractivity contribution in [3.05, 3.63) is 76.2 Å². The first kappa shape index (κ1) is 28.0. The Morgan fingerprint density at radius 1 is 1.05 bits per heavy atom. The van der Waals surface area contributed by atoms with Crippen molar-refractivity contribution in [1.29, 1.82) is 0 Å². The fraction of sp³-hybridized carbons (Fsp3) is 0.172. The van der Waals surface area contributed by atoms with Crippen LogP contribution in [0.25, 0.3) is 22.0 Å². The number of benzene rings is 2. The molecule has 0 aliphatic rings. The van der Waals surface area contributed by atoms with E-state index < -0.39 is 0 Å². The lowest BCUT2D eigenvalue weighted by atomic mass is 10.1. The summed E-state index contributed by atoms with van der Waals surface area (Å²) in [5.41, 5.74) is 4.28. The zero-order valence-corrected chi connectivity index (χ0v) is 24.3. The molecule has 0 radical (unpaired) electrons. The Morgan fingerprint density at radius 3 is 2.46 bits per heavy atom. The van der Waals surface area contributed by atoms with Crippen molar-refractivity contribution < 1.29 is 14.3 Å². The molecule has 5 aromatic rings. The summed E-state index contributed by atoms with van der Waals surface area (Å²) >= 11 is 13.5. The molecule has 1 amide bonds. The number of rotatable bonds is 10. The number of nitrogens with one attached hydrogen (secondary N) is 3. The van der Waals surface area contributed by atoms with Gasteiger partial charge in [0.1, 0.15) is 23.1 Å². The van der Waals surface area contributed by atoms with Gasteiger partial charge in [-0.3, -0.25) is 9.48 Å². The van der Waals surface area contributed by atoms with Crippen molar-refractivity contribution in [2.75, 3.05) is 30.2 Å². The van der Waals surface area contributed by atoms with E-state index >= 15 is 0 Å². The van der Waals surface area contributed by atoms with Crippen LogP contribution in [-0.4, -0.2) is 40.4 Å². The van der Waals surface area contributed by atoms with Crippen LogP contribution < -0.4 is 25.4 Å². The second-order valence-electron chi connectivity index (χ2n) is 9.19. The highest BCUT2D eigenvalue weighted by atomic mass is 35.5. The largest absolute Gasteiger partial charge is 0.495 e. The van der Waals surface area contributed by atoms with Crippen LogP contribution in [0, 0.1) is 6.92 Å². The van der Waals surface area contributed by atoms with Gasteiger partial charge in [-0.15, -0.1) is 0 Å². The van der Waals surface area contributed by atoms with Crippen LogP contribution in [0.2, 0.25) is 10.0 Å². The van der Waals surface area contributed by atoms with E-state index in [-0.39, 0.29) is 0 Å². The Labute approximate surface area is 246 Å². The molecule has 3 N–H and O–H groups in total. The first-order valence-corrected chi connectivity index (χ1v) is 13.3. The van der Waals surface area contributed by atoms with Crippen molar-refractivity contribution >= 4 is 63.4 Å². The minimum atomic E-state index is 0.310. The molecule has 3 heterocycles. The topological polar surface area (TPSA) is 115 Å². The number of para-hydroxylation sites is 1. The first-order valence-electron chi connectivity index (χ1n) is 12.5. The normalized spacial score (nSPS) is 10.9. The SMILES string of the molecule is COc1cc(OC)c(Cl)c(-c2cc3cnc(Nc4c(C)cccc4NC=O)cc3c(NCc3cnn(C)c3)n2)c1Cl. The second-order valence-corrected chi connectivity index (χ2v) is 9.95. The quantitative estimate of drug-likeness (QED) is 0.156. The maximum absolute atomic E-state index is 11.2. The van der Waals surface area contributed by atoms with E-state index in [0.29, 0.717) is 63.1 Å². The molecule has 0 bridgehead atoms. The summed E-state index contributed by atoms with van der Waals surface area (Å²) in [6, 6.07) is 11.0. The summed E-state index contributed by atoms with van der Waals surface area (Å²) in [5.74, 6) is 1.96. The predicted molar refractivity (Wildman–Crippen MR) is 163 cm³/mol. The van der Waals surface area contributed by atoms with E-state index in [2.05, 4.69) is 26.0 Å². The fourth-order valence-electron chi connectivity index (χ4n) is 4.48. The molecule has 0 atom stereocenters. The van der Waals surface area contributed by atoms with Crippen LogP contribution in [0.1, 0.15) is 11.1 Å². The number of anilines is 4. The Bertz CT molecular complexity index is 1730. The average molecular weight is 592 g/mol. The highest BCUT2D eigenvalue weighted by Gasteiger charge is 2.21. The van der Waals surface area contributed by atoms with E-state index in [1.165, 1.54) is 14.2 Å². The summed E-state index contributed by atoms with van der Waals surface area (Å²) < 4.78 is 12.7. The molecule has 210 valence electrons. The minimum absolute atomic E-state index is 0.310. The van der Waals surface area contributed by atoms with Crippen molar-refractivity contribution in [1.82, 2.24) is 19.7 Å². The number of hydrogen-bond acceptors (Lipinski definition) is 8. The van der Waals surface area contributed by atoms with E-state index in [1.54, 1.807) is 23.1 Å². The molecule has 12 heteroatoms. The van der Waals surface area contributed by atoms with Gasteiger partial charge in [0.25, 0.3) is 0 Å². The Kier molecular flexibility index (Phi) is 8.14. The van der Waals surface area contributed by atoms with Crippen molar-refractivity contribution in [2.45, 2.75) is 13.5 Å². The summed E-state index contributed by atoms with van der Waals surface area (Å²) in [6.45, 7) is 2.42. The summed E-state index contributed by atoms with van der Waals surface area (Å²) in [7, 11) is 4.91. The Balaban J connectivity index is 1.65. The Morgan fingerprint density at radius 2 is 1.80 bits per heavy atom. The molecular formula is C29H27Cl2N7O3. The summed E-state index contributed by atoms with van der Waals surface area (Å²) in [6.07, 6.45) is 6.09. The van der Waals surface area contributed by atoms with Gasteiger partial charge in [0, 0.05) is 54.0 Å². The third-order valence-corrected chi connectivity index (χ3v) is 7.25. The number of carbonyl (C=O) groups is 1. The smallest absolute Gasteiger partial charge is 0.211 e. The number of carbonyl (C=O) groups excluding carboxylic acids is 1. The van der Waals surface area contributed by atoms with Gasteiger partial charge in [0.2, 0.25) is 6.41 Å². The molecule has 0 aliphatic heterocycles. The highest BCUT2D eigenvalue weighted by Crippen LogP contribution is 2.46. The van der Waals surface area contributed by atoms with Gasteiger partial charge < -0.3 is 25.4 Å². The third-order valence-electron chi connectivity index (χ3n) is 6.50. The van der Waals surface area contributed by atoms with Gasteiger partial charge in [0.15, 0.2) is 0 Å².